The second kappa shape index (κ2) is 8.80. The molecule has 0 spiro atoms. The first-order valence-corrected chi connectivity index (χ1v) is 9.08. The zero-order chi connectivity index (χ0) is 21.0. The maximum absolute atomic E-state index is 13.0. The molecule has 29 heavy (non-hydrogen) atoms. The molecule has 3 rings (SSSR count). The quantitative estimate of drug-likeness (QED) is 0.500. The summed E-state index contributed by atoms with van der Waals surface area (Å²) >= 11 is 6.20. The predicted molar refractivity (Wildman–Crippen MR) is 104 cm³/mol. The first kappa shape index (κ1) is 21.1. The molecule has 0 aliphatic heterocycles. The molecule has 0 atom stereocenters. The van der Waals surface area contributed by atoms with Crippen molar-refractivity contribution in [1.82, 2.24) is 10.2 Å². The molecule has 8 heteroatoms. The molecule has 0 fully saturated rings. The summed E-state index contributed by atoms with van der Waals surface area (Å²) in [5, 5.41) is 8.21. The van der Waals surface area contributed by atoms with Gasteiger partial charge in [-0.3, -0.25) is 0 Å². The van der Waals surface area contributed by atoms with E-state index in [0.29, 0.717) is 29.0 Å². The lowest BCUT2D eigenvalue weighted by atomic mass is 10.0. The second-order valence-corrected chi connectivity index (χ2v) is 6.69. The Morgan fingerprint density at radius 2 is 1.72 bits per heavy atom. The lowest BCUT2D eigenvalue weighted by molar-refractivity contribution is -0.137. The zero-order valence-corrected chi connectivity index (χ0v) is 16.5. The average Bonchev–Trinajstić information content (AvgIpc) is 2.70. The third kappa shape index (κ3) is 4.86. The molecule has 0 N–H and O–H groups in total. The van der Waals surface area contributed by atoms with E-state index in [0.717, 1.165) is 17.7 Å². The molecule has 0 amide bonds. The average molecular weight is 423 g/mol. The van der Waals surface area contributed by atoms with Gasteiger partial charge in [0.1, 0.15) is 11.4 Å². The Bertz CT molecular complexity index is 995. The number of nitrogens with zero attached hydrogens (tertiary/aromatic N) is 2. The highest BCUT2D eigenvalue weighted by molar-refractivity contribution is 6.30. The summed E-state index contributed by atoms with van der Waals surface area (Å²) in [6.07, 6.45) is -4.47. The van der Waals surface area contributed by atoms with Crippen molar-refractivity contribution >= 4 is 11.6 Å². The van der Waals surface area contributed by atoms with Crippen LogP contribution in [0.4, 0.5) is 13.2 Å². The van der Waals surface area contributed by atoms with Crippen LogP contribution in [-0.2, 0) is 24.1 Å². The molecule has 0 saturated carbocycles. The number of methoxy groups -OCH3 is 1. The summed E-state index contributed by atoms with van der Waals surface area (Å²) in [4.78, 5) is 0. The molecular weight excluding hydrogens is 405 g/mol. The first-order valence-electron chi connectivity index (χ1n) is 8.70. The van der Waals surface area contributed by atoms with Crippen LogP contribution in [-0.4, -0.2) is 17.3 Å². The Hall–Kier alpha value is -2.64. The Morgan fingerprint density at radius 1 is 1.00 bits per heavy atom. The number of rotatable bonds is 6. The highest BCUT2D eigenvalue weighted by atomic mass is 35.5. The number of hydrogen-bond donors (Lipinski definition) is 0. The molecule has 2 aromatic carbocycles. The smallest absolute Gasteiger partial charge is 0.416 e. The molecule has 0 radical (unpaired) electrons. The topological polar surface area (TPSA) is 44.2 Å². The van der Waals surface area contributed by atoms with Crippen LogP contribution in [0.2, 0.25) is 5.15 Å². The Balaban J connectivity index is 1.90. The van der Waals surface area contributed by atoms with Crippen molar-refractivity contribution in [3.05, 3.63) is 75.9 Å². The van der Waals surface area contributed by atoms with Crippen LogP contribution >= 0.6 is 11.6 Å². The standard InChI is InChI=1S/C21H18ClF3N2O2/c1-13-17(12-29-11-14-6-4-3-5-7-14)20(22)27-26-19(13)16-9-8-15(21(23,24)25)10-18(16)28-2/h3-10H,11-12H2,1-2H3. The summed E-state index contributed by atoms with van der Waals surface area (Å²) in [7, 11) is 1.31. The van der Waals surface area contributed by atoms with Gasteiger partial charge in [-0.1, -0.05) is 41.9 Å². The summed E-state index contributed by atoms with van der Waals surface area (Å²) in [6.45, 7) is 2.34. The van der Waals surface area contributed by atoms with Gasteiger partial charge < -0.3 is 9.47 Å². The minimum Gasteiger partial charge on any atom is -0.496 e. The number of ether oxygens (including phenoxy) is 2. The number of hydrogen-bond acceptors (Lipinski definition) is 4. The van der Waals surface area contributed by atoms with Crippen LogP contribution in [0, 0.1) is 6.92 Å². The molecule has 0 aliphatic rings. The van der Waals surface area contributed by atoms with Gasteiger partial charge in [0.15, 0.2) is 5.15 Å². The van der Waals surface area contributed by atoms with E-state index >= 15 is 0 Å². The molecular formula is C21H18ClF3N2O2. The molecule has 3 aromatic rings. The minimum absolute atomic E-state index is 0.0516. The van der Waals surface area contributed by atoms with Crippen LogP contribution in [0.25, 0.3) is 11.3 Å². The van der Waals surface area contributed by atoms with Crippen LogP contribution in [0.1, 0.15) is 22.3 Å². The van der Waals surface area contributed by atoms with E-state index in [2.05, 4.69) is 10.2 Å². The van der Waals surface area contributed by atoms with Gasteiger partial charge in [0.05, 0.1) is 25.9 Å². The third-order valence-electron chi connectivity index (χ3n) is 4.44. The highest BCUT2D eigenvalue weighted by Gasteiger charge is 2.31. The molecule has 1 heterocycles. The third-order valence-corrected chi connectivity index (χ3v) is 4.74. The molecule has 0 bridgehead atoms. The summed E-state index contributed by atoms with van der Waals surface area (Å²) in [5.74, 6) is 0.0516. The molecule has 1 aromatic heterocycles. The van der Waals surface area contributed by atoms with E-state index in [1.54, 1.807) is 6.92 Å². The number of halogens is 4. The monoisotopic (exact) mass is 422 g/mol. The molecule has 152 valence electrons. The van der Waals surface area contributed by atoms with E-state index in [4.69, 9.17) is 21.1 Å². The van der Waals surface area contributed by atoms with E-state index in [9.17, 15) is 13.2 Å². The van der Waals surface area contributed by atoms with Crippen LogP contribution in [0.15, 0.2) is 48.5 Å². The Labute approximate surface area is 171 Å². The lowest BCUT2D eigenvalue weighted by Gasteiger charge is -2.15. The first-order chi connectivity index (χ1) is 13.8. The van der Waals surface area contributed by atoms with Crippen LogP contribution in [0.3, 0.4) is 0 Å². The maximum atomic E-state index is 13.0. The fourth-order valence-corrected chi connectivity index (χ4v) is 3.09. The van der Waals surface area contributed by atoms with Crippen molar-refractivity contribution in [3.63, 3.8) is 0 Å². The van der Waals surface area contributed by atoms with Gasteiger partial charge in [0.25, 0.3) is 0 Å². The molecule has 0 unspecified atom stereocenters. The van der Waals surface area contributed by atoms with Crippen molar-refractivity contribution < 1.29 is 22.6 Å². The fourth-order valence-electron chi connectivity index (χ4n) is 2.86. The summed E-state index contributed by atoms with van der Waals surface area (Å²) < 4.78 is 49.9. The van der Waals surface area contributed by atoms with E-state index in [1.165, 1.54) is 13.2 Å². The summed E-state index contributed by atoms with van der Waals surface area (Å²) in [5.41, 5.74) is 2.27. The normalized spacial score (nSPS) is 11.5. The predicted octanol–water partition coefficient (Wildman–Crippen LogP) is 5.85. The summed E-state index contributed by atoms with van der Waals surface area (Å²) in [6, 6.07) is 12.9. The van der Waals surface area contributed by atoms with Gasteiger partial charge in [0.2, 0.25) is 0 Å². The highest BCUT2D eigenvalue weighted by Crippen LogP contribution is 2.38. The van der Waals surface area contributed by atoms with Crippen molar-refractivity contribution in [1.29, 1.82) is 0 Å². The van der Waals surface area contributed by atoms with Gasteiger partial charge in [-0.05, 0) is 36.2 Å². The van der Waals surface area contributed by atoms with Crippen LogP contribution in [0.5, 0.6) is 5.75 Å². The number of benzene rings is 2. The van der Waals surface area contributed by atoms with Gasteiger partial charge in [-0.2, -0.15) is 13.2 Å². The van der Waals surface area contributed by atoms with E-state index in [1.807, 2.05) is 30.3 Å². The van der Waals surface area contributed by atoms with Crippen molar-refractivity contribution in [2.24, 2.45) is 0 Å². The van der Waals surface area contributed by atoms with Crippen molar-refractivity contribution in [3.8, 4) is 17.0 Å². The zero-order valence-electron chi connectivity index (χ0n) is 15.8. The maximum Gasteiger partial charge on any atom is 0.416 e. The number of aromatic nitrogens is 2. The van der Waals surface area contributed by atoms with Gasteiger partial charge in [0, 0.05) is 11.1 Å². The van der Waals surface area contributed by atoms with Gasteiger partial charge >= 0.3 is 6.18 Å². The van der Waals surface area contributed by atoms with Gasteiger partial charge in [-0.15, -0.1) is 10.2 Å². The van der Waals surface area contributed by atoms with E-state index < -0.39 is 11.7 Å². The van der Waals surface area contributed by atoms with Crippen molar-refractivity contribution in [2.45, 2.75) is 26.3 Å². The molecule has 0 aliphatic carbocycles. The SMILES string of the molecule is COc1cc(C(F)(F)F)ccc1-c1nnc(Cl)c(COCc2ccccc2)c1C. The van der Waals surface area contributed by atoms with Crippen molar-refractivity contribution in [2.75, 3.05) is 7.11 Å². The van der Waals surface area contributed by atoms with E-state index in [-0.39, 0.29) is 17.5 Å². The minimum atomic E-state index is -4.47. The Kier molecular flexibility index (Phi) is 6.39. The number of alkyl halides is 3. The second-order valence-electron chi connectivity index (χ2n) is 6.33. The molecule has 4 nitrogen and oxygen atoms in total. The largest absolute Gasteiger partial charge is 0.496 e. The Morgan fingerprint density at radius 3 is 2.38 bits per heavy atom. The molecule has 0 saturated heterocycles. The van der Waals surface area contributed by atoms with Gasteiger partial charge in [-0.25, -0.2) is 0 Å². The fraction of sp³-hybridized carbons (Fsp3) is 0.238. The van der Waals surface area contributed by atoms with Crippen LogP contribution < -0.4 is 4.74 Å². The lowest BCUT2D eigenvalue weighted by Crippen LogP contribution is -2.07.